The van der Waals surface area contributed by atoms with E-state index in [0.29, 0.717) is 56.6 Å². The Morgan fingerprint density at radius 2 is 1.80 bits per heavy atom. The van der Waals surface area contributed by atoms with E-state index in [9.17, 15) is 14.9 Å². The number of nitro groups is 1. The number of rotatable bonds is 14. The van der Waals surface area contributed by atoms with Gasteiger partial charge in [-0.25, -0.2) is 4.68 Å². The number of thiophene rings is 1. The van der Waals surface area contributed by atoms with Gasteiger partial charge in [-0.3, -0.25) is 14.9 Å². The van der Waals surface area contributed by atoms with Gasteiger partial charge in [0.1, 0.15) is 5.82 Å². The molecule has 14 heteroatoms. The summed E-state index contributed by atoms with van der Waals surface area (Å²) in [7, 11) is 0. The van der Waals surface area contributed by atoms with E-state index in [-0.39, 0.29) is 27.2 Å². The zero-order valence-corrected chi connectivity index (χ0v) is 26.8. The van der Waals surface area contributed by atoms with Crippen molar-refractivity contribution >= 4 is 45.0 Å². The molecule has 1 saturated heterocycles. The Labute approximate surface area is 265 Å². The van der Waals surface area contributed by atoms with E-state index < -0.39 is 10.8 Å². The van der Waals surface area contributed by atoms with Gasteiger partial charge < -0.3 is 24.4 Å². The molecule has 1 aliphatic rings. The minimum Gasteiger partial charge on any atom is -0.379 e. The van der Waals surface area contributed by atoms with Crippen LogP contribution in [0.4, 0.5) is 16.8 Å². The Balaban J connectivity index is 1.42. The highest BCUT2D eigenvalue weighted by Gasteiger charge is 2.29. The Bertz CT molecular complexity index is 1610. The number of nitrogens with zero attached hydrogens (tertiary/aromatic N) is 6. The second kappa shape index (κ2) is 14.4. The van der Waals surface area contributed by atoms with Gasteiger partial charge in [0.15, 0.2) is 5.65 Å². The predicted molar refractivity (Wildman–Crippen MR) is 173 cm³/mol. The lowest BCUT2D eigenvalue weighted by atomic mass is 9.87. The molecular formula is C31H39N7O6S. The largest absolute Gasteiger partial charge is 0.379 e. The quantitative estimate of drug-likeness (QED) is 0.109. The number of carbonyl (C=O) groups excluding carboxylic acids is 1. The van der Waals surface area contributed by atoms with Gasteiger partial charge in [-0.2, -0.15) is 15.1 Å². The number of hydrogen-bond acceptors (Lipinski definition) is 11. The van der Waals surface area contributed by atoms with Crippen LogP contribution in [0.1, 0.15) is 55.8 Å². The lowest BCUT2D eigenvalue weighted by molar-refractivity contribution is -0.380. The fraction of sp³-hybridized carbons (Fsp3) is 0.484. The molecule has 1 aromatic carbocycles. The monoisotopic (exact) mass is 637 g/mol. The minimum absolute atomic E-state index is 0.00317. The van der Waals surface area contributed by atoms with Crippen LogP contribution in [0.3, 0.4) is 0 Å². The lowest BCUT2D eigenvalue weighted by Gasteiger charge is -2.25. The van der Waals surface area contributed by atoms with Gasteiger partial charge in [-0.05, 0) is 48.9 Å². The molecule has 45 heavy (non-hydrogen) atoms. The molecular weight excluding hydrogens is 598 g/mol. The molecule has 0 bridgehead atoms. The molecule has 0 unspecified atom stereocenters. The third-order valence-electron chi connectivity index (χ3n) is 7.51. The summed E-state index contributed by atoms with van der Waals surface area (Å²) in [5, 5.41) is 19.1. The molecule has 0 saturated carbocycles. The average Bonchev–Trinajstić information content (AvgIpc) is 3.78. The Morgan fingerprint density at radius 3 is 2.49 bits per heavy atom. The highest BCUT2D eigenvalue weighted by atomic mass is 32.1. The Hall–Kier alpha value is -3.98. The molecule has 1 aliphatic heterocycles. The van der Waals surface area contributed by atoms with E-state index in [0.717, 1.165) is 36.4 Å². The first-order chi connectivity index (χ1) is 21.7. The summed E-state index contributed by atoms with van der Waals surface area (Å²) in [5.41, 5.74) is 2.54. The van der Waals surface area contributed by atoms with Crippen molar-refractivity contribution in [2.45, 2.75) is 52.0 Å². The summed E-state index contributed by atoms with van der Waals surface area (Å²) in [6, 6.07) is 10.9. The molecule has 13 nitrogen and oxygen atoms in total. The summed E-state index contributed by atoms with van der Waals surface area (Å²) in [5.74, 6) is 0.233. The maximum atomic E-state index is 13.2. The minimum atomic E-state index is -0.514. The van der Waals surface area contributed by atoms with Gasteiger partial charge >= 0.3 is 5.00 Å². The highest BCUT2D eigenvalue weighted by Crippen LogP contribution is 2.31. The molecule has 1 atom stereocenters. The second-order valence-electron chi connectivity index (χ2n) is 11.7. The van der Waals surface area contributed by atoms with E-state index >= 15 is 0 Å². The smallest absolute Gasteiger partial charge is 0.324 e. The van der Waals surface area contributed by atoms with Gasteiger partial charge in [0.05, 0.1) is 66.1 Å². The number of amides is 1. The number of aromatic nitrogens is 4. The zero-order chi connectivity index (χ0) is 32.0. The van der Waals surface area contributed by atoms with Crippen molar-refractivity contribution in [3.8, 4) is 5.69 Å². The number of nitrogens with one attached hydrogen (secondary N) is 1. The van der Waals surface area contributed by atoms with Gasteiger partial charge in [0.2, 0.25) is 5.95 Å². The summed E-state index contributed by atoms with van der Waals surface area (Å²) in [6.07, 6.45) is 3.47. The van der Waals surface area contributed by atoms with Crippen LogP contribution in [0.15, 0.2) is 42.6 Å². The SMILES string of the molecule is CCOCCOCCOC[C@@H]1CCCN1c1nc(NC(=O)c2ccc([N+](=O)[O-])s2)c2cnn(-c3ccc(C(C)(C)C)cc3)c2n1. The first kappa shape index (κ1) is 32.4. The summed E-state index contributed by atoms with van der Waals surface area (Å²) in [4.78, 5) is 35.9. The van der Waals surface area contributed by atoms with Crippen molar-refractivity contribution in [3.05, 3.63) is 63.1 Å². The van der Waals surface area contributed by atoms with Crippen molar-refractivity contribution in [2.75, 3.05) is 56.4 Å². The number of benzene rings is 1. The Kier molecular flexibility index (Phi) is 10.4. The van der Waals surface area contributed by atoms with Crippen LogP contribution < -0.4 is 10.2 Å². The van der Waals surface area contributed by atoms with Crippen molar-refractivity contribution < 1.29 is 23.9 Å². The average molecular weight is 638 g/mol. The van der Waals surface area contributed by atoms with Crippen LogP contribution in [0.2, 0.25) is 0 Å². The summed E-state index contributed by atoms with van der Waals surface area (Å²) >= 11 is 0.808. The lowest BCUT2D eigenvalue weighted by Crippen LogP contribution is -2.35. The number of carbonyl (C=O) groups is 1. The predicted octanol–water partition coefficient (Wildman–Crippen LogP) is 5.37. The fourth-order valence-corrected chi connectivity index (χ4v) is 5.82. The third kappa shape index (κ3) is 7.82. The van der Waals surface area contributed by atoms with Crippen molar-refractivity contribution in [2.24, 2.45) is 0 Å². The van der Waals surface area contributed by atoms with E-state index in [1.54, 1.807) is 10.9 Å². The van der Waals surface area contributed by atoms with Crippen LogP contribution in [0, 0.1) is 10.1 Å². The van der Waals surface area contributed by atoms with Gasteiger partial charge in [0, 0.05) is 19.2 Å². The maximum Gasteiger partial charge on any atom is 0.324 e. The molecule has 0 spiro atoms. The highest BCUT2D eigenvalue weighted by molar-refractivity contribution is 7.17. The number of anilines is 2. The van der Waals surface area contributed by atoms with E-state index in [2.05, 4.69) is 48.2 Å². The summed E-state index contributed by atoms with van der Waals surface area (Å²) in [6.45, 7) is 12.3. The van der Waals surface area contributed by atoms with Gasteiger partial charge in [-0.15, -0.1) is 0 Å². The van der Waals surface area contributed by atoms with E-state index in [4.69, 9.17) is 24.2 Å². The standard InChI is InChI=1S/C31H39N7O6S/c1-5-42-15-16-43-17-18-44-20-23-7-6-14-36(23)30-34-27(33-29(39)25-12-13-26(45-25)38(40)41)24-19-32-37(28(24)35-30)22-10-8-21(9-11-22)31(2,3)4/h8-13,19,23H,5-7,14-18,20H2,1-4H3,(H,33,34,35,39)/t23-/m0/s1. The number of hydrogen-bond donors (Lipinski definition) is 1. The molecule has 1 N–H and O–H groups in total. The topological polar surface area (TPSA) is 147 Å². The zero-order valence-electron chi connectivity index (χ0n) is 26.0. The first-order valence-electron chi connectivity index (χ1n) is 15.1. The van der Waals surface area contributed by atoms with Crippen LogP contribution in [0.25, 0.3) is 16.7 Å². The van der Waals surface area contributed by atoms with Crippen LogP contribution in [-0.4, -0.2) is 82.8 Å². The van der Waals surface area contributed by atoms with Gasteiger partial charge in [0.25, 0.3) is 5.91 Å². The van der Waals surface area contributed by atoms with E-state index in [1.165, 1.54) is 17.7 Å². The molecule has 0 aliphatic carbocycles. The number of fused-ring (bicyclic) bond motifs is 1. The number of ether oxygens (including phenoxy) is 3. The van der Waals surface area contributed by atoms with Crippen molar-refractivity contribution in [1.82, 2.24) is 19.7 Å². The molecule has 0 radical (unpaired) electrons. The van der Waals surface area contributed by atoms with Crippen LogP contribution in [0.5, 0.6) is 0 Å². The molecule has 4 heterocycles. The maximum absolute atomic E-state index is 13.2. The molecule has 3 aromatic heterocycles. The molecule has 4 aromatic rings. The molecule has 5 rings (SSSR count). The normalized spacial score (nSPS) is 15.2. The molecule has 1 amide bonds. The summed E-state index contributed by atoms with van der Waals surface area (Å²) < 4.78 is 18.5. The first-order valence-corrected chi connectivity index (χ1v) is 15.9. The second-order valence-corrected chi connectivity index (χ2v) is 12.7. The van der Waals surface area contributed by atoms with E-state index in [1.807, 2.05) is 19.1 Å². The van der Waals surface area contributed by atoms with Crippen molar-refractivity contribution in [3.63, 3.8) is 0 Å². The molecule has 240 valence electrons. The molecule has 1 fully saturated rings. The van der Waals surface area contributed by atoms with Gasteiger partial charge in [-0.1, -0.05) is 44.2 Å². The fourth-order valence-electron chi connectivity index (χ4n) is 5.10. The van der Waals surface area contributed by atoms with Crippen LogP contribution >= 0.6 is 11.3 Å². The van der Waals surface area contributed by atoms with Crippen molar-refractivity contribution in [1.29, 1.82) is 0 Å². The Morgan fingerprint density at radius 1 is 1.07 bits per heavy atom. The van der Waals surface area contributed by atoms with Crippen LogP contribution in [-0.2, 0) is 19.6 Å². The third-order valence-corrected chi connectivity index (χ3v) is 8.55.